The molecule has 0 unspecified atom stereocenters. The lowest BCUT2D eigenvalue weighted by Gasteiger charge is -2.11. The van der Waals surface area contributed by atoms with Crippen molar-refractivity contribution in [3.05, 3.63) is 0 Å². The highest BCUT2D eigenvalue weighted by molar-refractivity contribution is 4.58. The molecule has 0 radical (unpaired) electrons. The smallest absolute Gasteiger partial charge is 0.198 e. The van der Waals surface area contributed by atoms with Gasteiger partial charge in [-0.25, -0.2) is 0 Å². The van der Waals surface area contributed by atoms with Gasteiger partial charge < -0.3 is 0 Å². The molecule has 0 rings (SSSR count). The first-order chi connectivity index (χ1) is 5.68. The van der Waals surface area contributed by atoms with Crippen LogP contribution >= 0.6 is 0 Å². The van der Waals surface area contributed by atoms with Crippen LogP contribution in [-0.4, -0.2) is 19.4 Å². The Morgan fingerprint density at radius 1 is 1.00 bits per heavy atom. The van der Waals surface area contributed by atoms with E-state index in [2.05, 4.69) is 4.94 Å². The summed E-state index contributed by atoms with van der Waals surface area (Å²) in [5.41, 5.74) is 0. The first-order valence-electron chi connectivity index (χ1n) is 2.57. The van der Waals surface area contributed by atoms with Crippen LogP contribution in [0.3, 0.4) is 0 Å². The van der Waals surface area contributed by atoms with E-state index in [0.29, 0.717) is 0 Å². The highest BCUT2D eigenvalue weighted by Crippen LogP contribution is 2.32. The van der Waals surface area contributed by atoms with E-state index >= 15 is 0 Å². The van der Waals surface area contributed by atoms with E-state index in [1.54, 1.807) is 4.94 Å². The molecule has 0 aliphatic heterocycles. The van der Waals surface area contributed by atoms with Crippen LogP contribution in [0.25, 0.3) is 0 Å². The molecule has 9 heteroatoms. The van der Waals surface area contributed by atoms with Gasteiger partial charge in [0.1, 0.15) is 6.42 Å². The van der Waals surface area contributed by atoms with Crippen molar-refractivity contribution in [1.29, 1.82) is 0 Å². The summed E-state index contributed by atoms with van der Waals surface area (Å²) in [5.74, 6) is 0. The molecule has 0 N–H and O–H groups in total. The molecule has 0 aromatic heterocycles. The summed E-state index contributed by atoms with van der Waals surface area (Å²) in [6.45, 7) is 0. The van der Waals surface area contributed by atoms with Gasteiger partial charge in [0, 0.05) is 0 Å². The van der Waals surface area contributed by atoms with Gasteiger partial charge in [0.2, 0.25) is 0 Å². The van der Waals surface area contributed by atoms with Crippen LogP contribution < -0.4 is 0 Å². The average Bonchev–Trinajstić information content (AvgIpc) is 1.84. The zero-order chi connectivity index (χ0) is 11.1. The molecule has 0 amide bonds. The maximum absolute atomic E-state index is 11.3. The molecular weight excluding hydrogens is 213 g/mol. The molecular formula is C4H5F7O2. The van der Waals surface area contributed by atoms with Crippen LogP contribution in [0.1, 0.15) is 6.42 Å². The van der Waals surface area contributed by atoms with E-state index in [-0.39, 0.29) is 0 Å². The Morgan fingerprint density at radius 3 is 1.38 bits per heavy atom. The van der Waals surface area contributed by atoms with Crippen LogP contribution in [0, 0.1) is 0 Å². The number of hydrogen-bond acceptors (Lipinski definition) is 2. The molecule has 0 saturated carbocycles. The van der Waals surface area contributed by atoms with Crippen LogP contribution in [0.15, 0.2) is 0 Å². The van der Waals surface area contributed by atoms with Crippen molar-refractivity contribution in [3.63, 3.8) is 0 Å². The summed E-state index contributed by atoms with van der Waals surface area (Å²) < 4.78 is 76.0. The minimum atomic E-state index is -5.13. The van der Waals surface area contributed by atoms with Crippen molar-refractivity contribution in [3.8, 4) is 0 Å². The van der Waals surface area contributed by atoms with Crippen molar-refractivity contribution in [2.45, 2.75) is 18.7 Å². The molecule has 0 atom stereocenters. The molecule has 0 bridgehead atoms. The predicted molar refractivity (Wildman–Crippen MR) is 25.9 cm³/mol. The van der Waals surface area contributed by atoms with Gasteiger partial charge in [0.05, 0.1) is 7.11 Å². The van der Waals surface area contributed by atoms with Gasteiger partial charge in [-0.3, -0.25) is 0 Å². The highest BCUT2D eigenvalue weighted by Gasteiger charge is 2.45. The first-order valence-corrected chi connectivity index (χ1v) is 2.57. The van der Waals surface area contributed by atoms with Gasteiger partial charge >= 0.3 is 12.3 Å². The fourth-order valence-corrected chi connectivity index (χ4v) is 0.261. The predicted octanol–water partition coefficient (Wildman–Crippen LogP) is 2.95. The largest absolute Gasteiger partial charge is 0.397 e. The lowest BCUT2D eigenvalue weighted by Crippen LogP contribution is -2.26. The zero-order valence-electron chi connectivity index (χ0n) is 6.17. The second kappa shape index (κ2) is 5.97. The molecule has 0 aliphatic carbocycles. The molecule has 0 spiro atoms. The third kappa shape index (κ3) is 14.3. The monoisotopic (exact) mass is 218 g/mol. The van der Waals surface area contributed by atoms with Gasteiger partial charge in [-0.1, -0.05) is 0 Å². The van der Waals surface area contributed by atoms with Crippen molar-refractivity contribution in [2.75, 3.05) is 7.11 Å². The summed E-state index contributed by atoms with van der Waals surface area (Å²) in [4.78, 5) is 4.51. The van der Waals surface area contributed by atoms with Crippen LogP contribution in [0.5, 0.6) is 0 Å². The standard InChI is InChI=1S/C3H2F6O.CH3FO/c4-2(5,6)1-3(7,8)10-9;1-3-2/h1H2;1H3. The van der Waals surface area contributed by atoms with Gasteiger partial charge in [0.15, 0.2) is 0 Å². The van der Waals surface area contributed by atoms with E-state index in [0.717, 1.165) is 7.11 Å². The fourth-order valence-electron chi connectivity index (χ4n) is 0.261. The number of hydrogen-bond donors (Lipinski definition) is 0. The molecule has 13 heavy (non-hydrogen) atoms. The van der Waals surface area contributed by atoms with Crippen molar-refractivity contribution < 1.29 is 40.9 Å². The minimum Gasteiger partial charge on any atom is -0.198 e. The maximum atomic E-state index is 11.3. The van der Waals surface area contributed by atoms with Crippen LogP contribution in [0.4, 0.5) is 31.0 Å². The summed E-state index contributed by atoms with van der Waals surface area (Å²) in [7, 11) is 0.958. The number of rotatable bonds is 2. The third-order valence-electron chi connectivity index (χ3n) is 0.519. The lowest BCUT2D eigenvalue weighted by atomic mass is 10.4. The molecule has 0 aliphatic rings. The van der Waals surface area contributed by atoms with Crippen molar-refractivity contribution in [2.24, 2.45) is 0 Å². The highest BCUT2D eigenvalue weighted by atomic mass is 19.4. The Kier molecular flexibility index (Phi) is 6.86. The summed E-state index contributed by atoms with van der Waals surface area (Å²) in [6.07, 6.45) is -12.5. The molecule has 82 valence electrons. The molecule has 2 nitrogen and oxygen atoms in total. The molecule has 0 fully saturated rings. The van der Waals surface area contributed by atoms with E-state index < -0.39 is 18.7 Å². The molecule has 0 aromatic carbocycles. The average molecular weight is 218 g/mol. The second-order valence-corrected chi connectivity index (χ2v) is 1.66. The van der Waals surface area contributed by atoms with E-state index in [4.69, 9.17) is 0 Å². The second-order valence-electron chi connectivity index (χ2n) is 1.66. The van der Waals surface area contributed by atoms with Crippen LogP contribution in [0.2, 0.25) is 0 Å². The van der Waals surface area contributed by atoms with Crippen LogP contribution in [-0.2, 0) is 9.88 Å². The Hall–Kier alpha value is -0.570. The molecule has 0 heterocycles. The lowest BCUT2D eigenvalue weighted by molar-refractivity contribution is -0.379. The normalized spacial score (nSPS) is 12.0. The van der Waals surface area contributed by atoms with Gasteiger partial charge in [0.25, 0.3) is 0 Å². The minimum absolute atomic E-state index is 0.958. The van der Waals surface area contributed by atoms with E-state index in [1.165, 1.54) is 0 Å². The topological polar surface area (TPSA) is 18.5 Å². The number of alkyl halides is 5. The van der Waals surface area contributed by atoms with Gasteiger partial charge in [-0.05, 0) is 9.05 Å². The van der Waals surface area contributed by atoms with E-state index in [1.807, 2.05) is 0 Å². The fraction of sp³-hybridized carbons (Fsp3) is 1.00. The summed E-state index contributed by atoms with van der Waals surface area (Å²) in [5, 5.41) is 0. The zero-order valence-corrected chi connectivity index (χ0v) is 6.17. The maximum Gasteiger partial charge on any atom is 0.397 e. The Labute approximate surface area is 68.0 Å². The third-order valence-corrected chi connectivity index (χ3v) is 0.519. The van der Waals surface area contributed by atoms with Gasteiger partial charge in [-0.15, -0.1) is 4.94 Å². The SMILES string of the molecule is COF.FOC(F)(F)CC(F)(F)F. The Bertz CT molecular complexity index is 122. The molecule has 0 saturated heterocycles. The van der Waals surface area contributed by atoms with Crippen molar-refractivity contribution in [1.82, 2.24) is 0 Å². The number of halogens is 7. The summed E-state index contributed by atoms with van der Waals surface area (Å²) in [6, 6.07) is 0. The first kappa shape index (κ1) is 14.9. The van der Waals surface area contributed by atoms with Crippen molar-refractivity contribution >= 4 is 0 Å². The van der Waals surface area contributed by atoms with E-state index in [9.17, 15) is 31.0 Å². The summed E-state index contributed by atoms with van der Waals surface area (Å²) >= 11 is 0. The Morgan fingerprint density at radius 2 is 1.31 bits per heavy atom. The Balaban J connectivity index is 0. The van der Waals surface area contributed by atoms with Gasteiger partial charge in [-0.2, -0.15) is 26.9 Å². The quantitative estimate of drug-likeness (QED) is 0.663. The molecule has 0 aromatic rings.